The van der Waals surface area contributed by atoms with Gasteiger partial charge in [-0.2, -0.15) is 0 Å². The molecule has 96 valence electrons. The maximum Gasteiger partial charge on any atom is 0.0522 e. The number of benzene rings is 1. The lowest BCUT2D eigenvalue weighted by Gasteiger charge is -2.07. The first kappa shape index (κ1) is 14.2. The maximum absolute atomic E-state index is 6.21. The van der Waals surface area contributed by atoms with E-state index in [1.807, 2.05) is 13.1 Å². The van der Waals surface area contributed by atoms with Crippen molar-refractivity contribution in [2.45, 2.75) is 13.0 Å². The van der Waals surface area contributed by atoms with Crippen LogP contribution in [0.1, 0.15) is 17.8 Å². The molecule has 5 heteroatoms. The lowest BCUT2D eigenvalue weighted by Crippen LogP contribution is -2.10. The lowest BCUT2D eigenvalue weighted by atomic mass is 10.2. The molecule has 0 saturated heterocycles. The van der Waals surface area contributed by atoms with Gasteiger partial charge in [-0.05, 0) is 38.2 Å². The lowest BCUT2D eigenvalue weighted by molar-refractivity contribution is 0.664. The molecule has 1 aromatic carbocycles. The molecule has 0 aliphatic carbocycles. The third-order valence-electron chi connectivity index (χ3n) is 2.74. The van der Waals surface area contributed by atoms with E-state index in [4.69, 9.17) is 34.8 Å². The molecule has 1 heterocycles. The molecule has 0 amide bonds. The normalized spacial score (nSPS) is 12.7. The summed E-state index contributed by atoms with van der Waals surface area (Å²) in [6, 6.07) is 7.86. The minimum absolute atomic E-state index is 0.314. The third kappa shape index (κ3) is 2.84. The van der Waals surface area contributed by atoms with Crippen LogP contribution in [0.3, 0.4) is 0 Å². The summed E-state index contributed by atoms with van der Waals surface area (Å²) in [4.78, 5) is 2.30. The Morgan fingerprint density at radius 2 is 1.72 bits per heavy atom. The highest BCUT2D eigenvalue weighted by Crippen LogP contribution is 2.41. The fourth-order valence-electron chi connectivity index (χ4n) is 1.64. The van der Waals surface area contributed by atoms with Crippen molar-refractivity contribution in [3.63, 3.8) is 0 Å². The van der Waals surface area contributed by atoms with Crippen molar-refractivity contribution in [1.82, 2.24) is 5.32 Å². The molecule has 1 unspecified atom stereocenters. The van der Waals surface area contributed by atoms with E-state index >= 15 is 0 Å². The van der Waals surface area contributed by atoms with Gasteiger partial charge >= 0.3 is 0 Å². The van der Waals surface area contributed by atoms with Crippen LogP contribution in [0.15, 0.2) is 24.3 Å². The van der Waals surface area contributed by atoms with E-state index in [1.165, 1.54) is 4.88 Å². The Morgan fingerprint density at radius 1 is 1.11 bits per heavy atom. The van der Waals surface area contributed by atoms with Gasteiger partial charge in [0.25, 0.3) is 0 Å². The van der Waals surface area contributed by atoms with Gasteiger partial charge in [-0.1, -0.05) is 34.8 Å². The molecule has 2 aromatic rings. The van der Waals surface area contributed by atoms with Gasteiger partial charge in [0, 0.05) is 26.4 Å². The topological polar surface area (TPSA) is 12.0 Å². The summed E-state index contributed by atoms with van der Waals surface area (Å²) < 4.78 is 0. The quantitative estimate of drug-likeness (QED) is 0.770. The molecule has 2 rings (SSSR count). The highest BCUT2D eigenvalue weighted by atomic mass is 35.5. The molecule has 0 bridgehead atoms. The summed E-state index contributed by atoms with van der Waals surface area (Å²) in [5.74, 6) is 0. The predicted octanol–water partition coefficient (Wildman–Crippen LogP) is 5.66. The van der Waals surface area contributed by atoms with Gasteiger partial charge in [0.15, 0.2) is 0 Å². The zero-order valence-electron chi connectivity index (χ0n) is 9.93. The predicted molar refractivity (Wildman–Crippen MR) is 82.3 cm³/mol. The van der Waals surface area contributed by atoms with Gasteiger partial charge in [0.2, 0.25) is 0 Å². The van der Waals surface area contributed by atoms with Crippen LogP contribution in [0, 0.1) is 0 Å². The van der Waals surface area contributed by atoms with Gasteiger partial charge < -0.3 is 5.32 Å². The van der Waals surface area contributed by atoms with Crippen LogP contribution in [0.4, 0.5) is 0 Å². The van der Waals surface area contributed by atoms with Crippen LogP contribution in [-0.4, -0.2) is 7.05 Å². The van der Waals surface area contributed by atoms with E-state index in [9.17, 15) is 0 Å². The minimum Gasteiger partial charge on any atom is -0.313 e. The Kier molecular flexibility index (Phi) is 4.57. The van der Waals surface area contributed by atoms with Gasteiger partial charge in [-0.3, -0.25) is 0 Å². The molecule has 1 nitrogen and oxygen atoms in total. The molecule has 18 heavy (non-hydrogen) atoms. The number of thiophene rings is 1. The monoisotopic (exact) mass is 319 g/mol. The summed E-state index contributed by atoms with van der Waals surface area (Å²) in [5, 5.41) is 4.92. The Bertz CT molecular complexity index is 542. The van der Waals surface area contributed by atoms with Crippen molar-refractivity contribution >= 4 is 46.1 Å². The van der Waals surface area contributed by atoms with E-state index in [0.717, 1.165) is 10.4 Å². The molecule has 0 saturated carbocycles. The first-order valence-corrected chi connectivity index (χ1v) is 7.40. The Labute approximate surface area is 126 Å². The molecule has 1 aromatic heterocycles. The zero-order valence-corrected chi connectivity index (χ0v) is 13.0. The Balaban J connectivity index is 2.46. The second-order valence-electron chi connectivity index (χ2n) is 3.96. The van der Waals surface area contributed by atoms with Crippen LogP contribution in [0.5, 0.6) is 0 Å². The molecular weight excluding hydrogens is 309 g/mol. The molecule has 0 fully saturated rings. The fourth-order valence-corrected chi connectivity index (χ4v) is 3.92. The summed E-state index contributed by atoms with van der Waals surface area (Å²) >= 11 is 20.0. The number of hydrogen-bond donors (Lipinski definition) is 1. The van der Waals surface area contributed by atoms with Gasteiger partial charge in [0.1, 0.15) is 0 Å². The average Bonchev–Trinajstić information content (AvgIpc) is 2.76. The molecule has 1 N–H and O–H groups in total. The maximum atomic E-state index is 6.21. The van der Waals surface area contributed by atoms with E-state index in [1.54, 1.807) is 23.5 Å². The van der Waals surface area contributed by atoms with Crippen LogP contribution in [-0.2, 0) is 0 Å². The first-order valence-electron chi connectivity index (χ1n) is 5.45. The van der Waals surface area contributed by atoms with E-state index in [-0.39, 0.29) is 0 Å². The minimum atomic E-state index is 0.314. The fraction of sp³-hybridized carbons (Fsp3) is 0.231. The molecule has 0 radical (unpaired) electrons. The Morgan fingerprint density at radius 3 is 2.28 bits per heavy atom. The average molecular weight is 321 g/mol. The molecule has 0 aliphatic rings. The van der Waals surface area contributed by atoms with Crippen LogP contribution in [0.2, 0.25) is 15.1 Å². The molecular formula is C13H12Cl3NS. The summed E-state index contributed by atoms with van der Waals surface area (Å²) in [6.45, 7) is 2.11. The van der Waals surface area contributed by atoms with E-state index < -0.39 is 0 Å². The SMILES string of the molecule is CNC(C)c1ccc(-c2c(Cl)cc(Cl)cc2Cl)s1. The first-order chi connectivity index (χ1) is 8.52. The van der Waals surface area contributed by atoms with Crippen molar-refractivity contribution in [2.75, 3.05) is 7.05 Å². The van der Waals surface area contributed by atoms with Crippen molar-refractivity contribution in [3.05, 3.63) is 44.2 Å². The van der Waals surface area contributed by atoms with E-state index in [2.05, 4.69) is 18.3 Å². The standard InChI is InChI=1S/C13H12Cl3NS/c1-7(17-2)11-3-4-12(18-11)13-9(15)5-8(14)6-10(13)16/h3-7,17H,1-2H3. The number of nitrogens with one attached hydrogen (secondary N) is 1. The number of halogens is 3. The smallest absolute Gasteiger partial charge is 0.0522 e. The van der Waals surface area contributed by atoms with Crippen molar-refractivity contribution < 1.29 is 0 Å². The van der Waals surface area contributed by atoms with E-state index in [0.29, 0.717) is 21.1 Å². The second-order valence-corrected chi connectivity index (χ2v) is 6.32. The molecule has 0 aliphatic heterocycles. The zero-order chi connectivity index (χ0) is 13.3. The highest BCUT2D eigenvalue weighted by molar-refractivity contribution is 7.15. The molecule has 1 atom stereocenters. The summed E-state index contributed by atoms with van der Waals surface area (Å²) in [7, 11) is 1.94. The summed E-state index contributed by atoms with van der Waals surface area (Å²) in [5.41, 5.74) is 0.849. The highest BCUT2D eigenvalue weighted by Gasteiger charge is 2.14. The second kappa shape index (κ2) is 5.81. The van der Waals surface area contributed by atoms with Crippen LogP contribution < -0.4 is 5.32 Å². The van der Waals surface area contributed by atoms with Gasteiger partial charge in [-0.15, -0.1) is 11.3 Å². The Hall–Kier alpha value is -0.250. The largest absolute Gasteiger partial charge is 0.313 e. The van der Waals surface area contributed by atoms with Crippen molar-refractivity contribution in [3.8, 4) is 10.4 Å². The number of rotatable bonds is 3. The van der Waals surface area contributed by atoms with Crippen LogP contribution >= 0.6 is 46.1 Å². The molecule has 0 spiro atoms. The van der Waals surface area contributed by atoms with Gasteiger partial charge in [0.05, 0.1) is 10.0 Å². The van der Waals surface area contributed by atoms with Gasteiger partial charge in [-0.25, -0.2) is 0 Å². The van der Waals surface area contributed by atoms with Crippen molar-refractivity contribution in [2.24, 2.45) is 0 Å². The summed E-state index contributed by atoms with van der Waals surface area (Å²) in [6.07, 6.45) is 0. The van der Waals surface area contributed by atoms with Crippen molar-refractivity contribution in [1.29, 1.82) is 0 Å². The van der Waals surface area contributed by atoms with Crippen LogP contribution in [0.25, 0.3) is 10.4 Å². The number of hydrogen-bond acceptors (Lipinski definition) is 2. The third-order valence-corrected chi connectivity index (χ3v) is 4.84.